The monoisotopic (exact) mass is 471 g/mol. The number of carboxylic acids is 1. The third-order valence-corrected chi connectivity index (χ3v) is 5.08. The van der Waals surface area contributed by atoms with E-state index in [1.165, 1.54) is 32.0 Å². The molecule has 1 unspecified atom stereocenters. The average molecular weight is 472 g/mol. The van der Waals surface area contributed by atoms with Crippen molar-refractivity contribution in [3.8, 4) is 5.75 Å². The molecule has 0 spiro atoms. The minimum Gasteiger partial charge on any atom is -0.491 e. The summed E-state index contributed by atoms with van der Waals surface area (Å²) in [6.07, 6.45) is 1.97. The maximum Gasteiger partial charge on any atom is 0.347 e. The molecule has 32 heavy (non-hydrogen) atoms. The zero-order chi connectivity index (χ0) is 24.3. The van der Waals surface area contributed by atoms with Crippen LogP contribution in [0.15, 0.2) is 18.2 Å². The smallest absolute Gasteiger partial charge is 0.347 e. The van der Waals surface area contributed by atoms with Gasteiger partial charge in [-0.05, 0) is 71.6 Å². The average Bonchev–Trinajstić information content (AvgIpc) is 3.46. The molecule has 0 bridgehead atoms. The lowest BCUT2D eigenvalue weighted by atomic mass is 10.1. The number of nitrogens with zero attached hydrogens (tertiary/aromatic N) is 1. The SMILES string of the molecule is CC(C)(C)OC(=O)CN(c1ccc(C(=O)OC(C)(C)C(=O)O)cc1OCC1CC1)S(=O)O. The van der Waals surface area contributed by atoms with Crippen LogP contribution in [0.3, 0.4) is 0 Å². The lowest BCUT2D eigenvalue weighted by Crippen LogP contribution is -2.37. The second-order valence-corrected chi connectivity index (χ2v) is 9.90. The van der Waals surface area contributed by atoms with Gasteiger partial charge in [0.15, 0.2) is 0 Å². The number of carboxylic acid groups (broad SMARTS) is 1. The standard InChI is InChI=1S/C21H29NO9S/c1-20(2,3)30-17(23)11-22(32(27)28)15-9-8-14(10-16(15)29-12-13-6-7-13)18(24)31-21(4,5)19(25)26/h8-10,13H,6-7,11-12H2,1-5H3,(H,25,26)(H,27,28). The van der Waals surface area contributed by atoms with Gasteiger partial charge in [0.05, 0.1) is 17.9 Å². The number of hydrogen-bond acceptors (Lipinski definition) is 7. The summed E-state index contributed by atoms with van der Waals surface area (Å²) in [5.74, 6) is -2.51. The summed E-state index contributed by atoms with van der Waals surface area (Å²) in [5.41, 5.74) is -2.43. The van der Waals surface area contributed by atoms with Crippen LogP contribution < -0.4 is 9.04 Å². The fourth-order valence-electron chi connectivity index (χ4n) is 2.50. The van der Waals surface area contributed by atoms with Gasteiger partial charge in [-0.1, -0.05) is 0 Å². The molecule has 11 heteroatoms. The number of esters is 2. The second-order valence-electron chi connectivity index (χ2n) is 9.00. The molecular formula is C21H29NO9S. The summed E-state index contributed by atoms with van der Waals surface area (Å²) in [4.78, 5) is 36.0. The number of carbonyl (C=O) groups excluding carboxylic acids is 2. The molecule has 0 aromatic heterocycles. The highest BCUT2D eigenvalue weighted by Crippen LogP contribution is 2.35. The van der Waals surface area contributed by atoms with E-state index in [1.807, 2.05) is 0 Å². The zero-order valence-electron chi connectivity index (χ0n) is 18.7. The Hall–Kier alpha value is -2.66. The molecule has 1 aliphatic rings. The van der Waals surface area contributed by atoms with E-state index in [0.29, 0.717) is 12.5 Å². The summed E-state index contributed by atoms with van der Waals surface area (Å²) in [7, 11) is 0. The Morgan fingerprint density at radius 3 is 2.25 bits per heavy atom. The molecule has 1 aromatic rings. The lowest BCUT2D eigenvalue weighted by Gasteiger charge is -2.25. The number of hydrogen-bond donors (Lipinski definition) is 2. The van der Waals surface area contributed by atoms with Gasteiger partial charge in [0.25, 0.3) is 11.3 Å². The maximum atomic E-state index is 12.5. The van der Waals surface area contributed by atoms with E-state index in [2.05, 4.69) is 0 Å². The molecule has 1 aliphatic carbocycles. The minimum atomic E-state index is -2.59. The van der Waals surface area contributed by atoms with Gasteiger partial charge in [0, 0.05) is 0 Å². The lowest BCUT2D eigenvalue weighted by molar-refractivity contribution is -0.155. The third kappa shape index (κ3) is 7.49. The van der Waals surface area contributed by atoms with Gasteiger partial charge in [0.1, 0.15) is 17.9 Å². The molecule has 1 fully saturated rings. The first-order valence-electron chi connectivity index (χ1n) is 10.0. The number of aliphatic carboxylic acids is 1. The second kappa shape index (κ2) is 9.86. The van der Waals surface area contributed by atoms with E-state index < -0.39 is 46.9 Å². The van der Waals surface area contributed by atoms with Crippen molar-refractivity contribution < 1.29 is 42.5 Å². The fourth-order valence-corrected chi connectivity index (χ4v) is 3.04. The highest BCUT2D eigenvalue weighted by molar-refractivity contribution is 7.80. The Balaban J connectivity index is 2.34. The van der Waals surface area contributed by atoms with Crippen molar-refractivity contribution in [1.82, 2.24) is 0 Å². The predicted molar refractivity (Wildman–Crippen MR) is 116 cm³/mol. The van der Waals surface area contributed by atoms with E-state index >= 15 is 0 Å². The first-order chi connectivity index (χ1) is 14.7. The van der Waals surface area contributed by atoms with Crippen molar-refractivity contribution in [1.29, 1.82) is 0 Å². The van der Waals surface area contributed by atoms with Crippen LogP contribution in [0.1, 0.15) is 57.8 Å². The van der Waals surface area contributed by atoms with Crippen LogP contribution in [0, 0.1) is 5.92 Å². The number of rotatable bonds is 10. The maximum absolute atomic E-state index is 12.5. The van der Waals surface area contributed by atoms with Crippen molar-refractivity contribution in [3.05, 3.63) is 23.8 Å². The Kier molecular flexibility index (Phi) is 7.89. The summed E-state index contributed by atoms with van der Waals surface area (Å²) in [6.45, 7) is 7.30. The Labute approximate surface area is 189 Å². The van der Waals surface area contributed by atoms with Crippen molar-refractivity contribution in [2.75, 3.05) is 17.5 Å². The summed E-state index contributed by atoms with van der Waals surface area (Å²) in [6, 6.07) is 3.94. The van der Waals surface area contributed by atoms with Gasteiger partial charge in [-0.25, -0.2) is 13.8 Å². The molecule has 178 valence electrons. The van der Waals surface area contributed by atoms with Crippen LogP contribution in [-0.4, -0.2) is 56.1 Å². The molecule has 1 saturated carbocycles. The molecule has 0 saturated heterocycles. The van der Waals surface area contributed by atoms with Crippen LogP contribution in [0.25, 0.3) is 0 Å². The Morgan fingerprint density at radius 1 is 1.12 bits per heavy atom. The topological polar surface area (TPSA) is 140 Å². The van der Waals surface area contributed by atoms with Crippen LogP contribution in [0.2, 0.25) is 0 Å². The van der Waals surface area contributed by atoms with Gasteiger partial charge in [-0.2, -0.15) is 0 Å². The van der Waals surface area contributed by atoms with Crippen LogP contribution >= 0.6 is 0 Å². The third-order valence-electron chi connectivity index (χ3n) is 4.38. The van der Waals surface area contributed by atoms with Gasteiger partial charge in [-0.3, -0.25) is 13.7 Å². The van der Waals surface area contributed by atoms with Gasteiger partial charge in [-0.15, -0.1) is 0 Å². The molecule has 2 rings (SSSR count). The fraction of sp³-hybridized carbons (Fsp3) is 0.571. The van der Waals surface area contributed by atoms with Crippen LogP contribution in [0.4, 0.5) is 5.69 Å². The highest BCUT2D eigenvalue weighted by Gasteiger charge is 2.33. The molecular weight excluding hydrogens is 442 g/mol. The number of carbonyl (C=O) groups is 3. The molecule has 1 atom stereocenters. The number of ether oxygens (including phenoxy) is 3. The molecule has 1 aromatic carbocycles. The first-order valence-corrected chi connectivity index (χ1v) is 11.1. The van der Waals surface area contributed by atoms with Crippen LogP contribution in [0.5, 0.6) is 5.75 Å². The van der Waals surface area contributed by atoms with Crippen molar-refractivity contribution in [3.63, 3.8) is 0 Å². The molecule has 2 N–H and O–H groups in total. The molecule has 0 radical (unpaired) electrons. The van der Waals surface area contributed by atoms with Crippen LogP contribution in [-0.2, 0) is 30.3 Å². The van der Waals surface area contributed by atoms with E-state index in [4.69, 9.17) is 14.2 Å². The first kappa shape index (κ1) is 25.6. The summed E-state index contributed by atoms with van der Waals surface area (Å²) < 4.78 is 38.7. The van der Waals surface area contributed by atoms with Gasteiger partial charge < -0.3 is 19.3 Å². The number of benzene rings is 1. The van der Waals surface area contributed by atoms with Crippen molar-refractivity contribution in [2.24, 2.45) is 5.92 Å². The molecule has 0 aliphatic heterocycles. The van der Waals surface area contributed by atoms with E-state index in [9.17, 15) is 28.3 Å². The quantitative estimate of drug-likeness (QED) is 0.389. The highest BCUT2D eigenvalue weighted by atomic mass is 32.2. The largest absolute Gasteiger partial charge is 0.491 e. The molecule has 10 nitrogen and oxygen atoms in total. The van der Waals surface area contributed by atoms with Gasteiger partial charge in [0.2, 0.25) is 5.60 Å². The Morgan fingerprint density at radius 2 is 1.75 bits per heavy atom. The van der Waals surface area contributed by atoms with Crippen molar-refractivity contribution >= 4 is 34.9 Å². The predicted octanol–water partition coefficient (Wildman–Crippen LogP) is 2.78. The minimum absolute atomic E-state index is 0.00480. The summed E-state index contributed by atoms with van der Waals surface area (Å²) >= 11 is -2.59. The normalized spacial score (nSPS) is 14.9. The number of anilines is 1. The van der Waals surface area contributed by atoms with Gasteiger partial charge >= 0.3 is 17.9 Å². The summed E-state index contributed by atoms with van der Waals surface area (Å²) in [5, 5.41) is 9.17. The van der Waals surface area contributed by atoms with E-state index in [1.54, 1.807) is 20.8 Å². The molecule has 0 heterocycles. The van der Waals surface area contributed by atoms with E-state index in [0.717, 1.165) is 17.1 Å². The Bertz CT molecular complexity index is 903. The zero-order valence-corrected chi connectivity index (χ0v) is 19.6. The van der Waals surface area contributed by atoms with E-state index in [-0.39, 0.29) is 17.0 Å². The molecule has 0 amide bonds. The van der Waals surface area contributed by atoms with Crippen molar-refractivity contribution in [2.45, 2.75) is 58.7 Å².